The molecule has 0 aliphatic carbocycles. The molecule has 1 aliphatic heterocycles. The summed E-state index contributed by atoms with van der Waals surface area (Å²) in [5.41, 5.74) is 3.88. The molecule has 0 saturated heterocycles. The van der Waals surface area contributed by atoms with Crippen molar-refractivity contribution < 1.29 is 4.79 Å². The summed E-state index contributed by atoms with van der Waals surface area (Å²) in [5, 5.41) is 6.17. The van der Waals surface area contributed by atoms with Crippen LogP contribution in [0.1, 0.15) is 12.0 Å². The number of rotatable bonds is 2. The highest BCUT2D eigenvalue weighted by Crippen LogP contribution is 2.30. The Balaban J connectivity index is 1.69. The van der Waals surface area contributed by atoms with Crippen LogP contribution < -0.4 is 15.5 Å². The average molecular weight is 360 g/mol. The number of nitrogens with one attached hydrogen (secondary N) is 2. The van der Waals surface area contributed by atoms with Gasteiger partial charge in [-0.25, -0.2) is 19.7 Å². The Morgan fingerprint density at radius 2 is 2.15 bits per heavy atom. The quantitative estimate of drug-likeness (QED) is 0.728. The van der Waals surface area contributed by atoms with E-state index in [4.69, 9.17) is 4.98 Å². The lowest BCUT2D eigenvalue weighted by Crippen LogP contribution is -2.36. The first-order valence-electron chi connectivity index (χ1n) is 8.87. The summed E-state index contributed by atoms with van der Waals surface area (Å²) in [6, 6.07) is 13.5. The van der Waals surface area contributed by atoms with E-state index in [9.17, 15) is 4.79 Å². The van der Waals surface area contributed by atoms with Crippen molar-refractivity contribution in [2.45, 2.75) is 13.3 Å². The van der Waals surface area contributed by atoms with Crippen LogP contribution in [0.2, 0.25) is 0 Å². The van der Waals surface area contributed by atoms with Crippen molar-refractivity contribution in [3.05, 3.63) is 60.6 Å². The van der Waals surface area contributed by atoms with Gasteiger partial charge in [-0.3, -0.25) is 10.2 Å². The number of amides is 2. The zero-order chi connectivity index (χ0) is 18.6. The highest BCUT2D eigenvalue weighted by Gasteiger charge is 2.23. The van der Waals surface area contributed by atoms with E-state index in [2.05, 4.69) is 39.7 Å². The summed E-state index contributed by atoms with van der Waals surface area (Å²) in [5.74, 6) is 1.08. The molecule has 1 aromatic carbocycles. The van der Waals surface area contributed by atoms with Crippen LogP contribution in [0, 0.1) is 6.92 Å². The fraction of sp³-hybridized carbons (Fsp3) is 0.200. The molecule has 0 radical (unpaired) electrons. The van der Waals surface area contributed by atoms with Crippen LogP contribution in [-0.2, 0) is 0 Å². The smallest absolute Gasteiger partial charge is 0.328 e. The van der Waals surface area contributed by atoms with Gasteiger partial charge in [0.15, 0.2) is 5.82 Å². The van der Waals surface area contributed by atoms with Crippen LogP contribution in [0.3, 0.4) is 0 Å². The molecule has 3 heterocycles. The van der Waals surface area contributed by atoms with Crippen molar-refractivity contribution in [1.82, 2.24) is 15.0 Å². The van der Waals surface area contributed by atoms with E-state index < -0.39 is 0 Å². The van der Waals surface area contributed by atoms with Crippen molar-refractivity contribution in [3.63, 3.8) is 0 Å². The predicted molar refractivity (Wildman–Crippen MR) is 106 cm³/mol. The SMILES string of the molecule is Cc1cccc(-c2ccc3c(n2)N(C(=O)Nc2ccncn2)CCCN3)c1. The number of carbonyl (C=O) groups excluding carboxylic acids is 1. The molecule has 0 unspecified atom stereocenters. The Labute approximate surface area is 157 Å². The molecule has 27 heavy (non-hydrogen) atoms. The molecular formula is C20H20N6O. The third kappa shape index (κ3) is 3.72. The molecule has 7 nitrogen and oxygen atoms in total. The summed E-state index contributed by atoms with van der Waals surface area (Å²) in [6.45, 7) is 3.41. The van der Waals surface area contributed by atoms with Gasteiger partial charge in [0.05, 0.1) is 11.4 Å². The van der Waals surface area contributed by atoms with Crippen LogP contribution in [0.25, 0.3) is 11.3 Å². The standard InChI is InChI=1S/C20H20N6O/c1-14-4-2-5-15(12-14)16-6-7-17-19(24-16)26(11-3-9-22-17)20(27)25-18-8-10-21-13-23-18/h2,4-8,10,12-13,22H,3,9,11H2,1H3,(H,21,23,25,27). The van der Waals surface area contributed by atoms with Gasteiger partial charge in [0.2, 0.25) is 0 Å². The molecule has 0 fully saturated rings. The highest BCUT2D eigenvalue weighted by atomic mass is 16.2. The van der Waals surface area contributed by atoms with Crippen molar-refractivity contribution in [2.75, 3.05) is 28.6 Å². The number of carbonyl (C=O) groups is 1. The molecule has 3 aromatic rings. The van der Waals surface area contributed by atoms with Crippen molar-refractivity contribution in [3.8, 4) is 11.3 Å². The van der Waals surface area contributed by atoms with E-state index in [1.165, 1.54) is 11.9 Å². The fourth-order valence-electron chi connectivity index (χ4n) is 3.06. The molecule has 0 saturated carbocycles. The number of aromatic nitrogens is 3. The number of benzene rings is 1. The number of aryl methyl sites for hydroxylation is 1. The Morgan fingerprint density at radius 1 is 1.22 bits per heavy atom. The third-order valence-corrected chi connectivity index (χ3v) is 4.38. The second-order valence-corrected chi connectivity index (χ2v) is 6.39. The minimum Gasteiger partial charge on any atom is -0.382 e. The number of fused-ring (bicyclic) bond motifs is 1. The molecule has 2 N–H and O–H groups in total. The van der Waals surface area contributed by atoms with Crippen LogP contribution in [-0.4, -0.2) is 34.1 Å². The molecule has 1 aliphatic rings. The molecule has 0 bridgehead atoms. The summed E-state index contributed by atoms with van der Waals surface area (Å²) >= 11 is 0. The van der Waals surface area contributed by atoms with E-state index in [1.807, 2.05) is 24.3 Å². The fourth-order valence-corrected chi connectivity index (χ4v) is 3.06. The number of hydrogen-bond donors (Lipinski definition) is 2. The van der Waals surface area contributed by atoms with Crippen LogP contribution in [0.4, 0.5) is 22.1 Å². The lowest BCUT2D eigenvalue weighted by atomic mass is 10.1. The molecular weight excluding hydrogens is 340 g/mol. The van der Waals surface area contributed by atoms with Gasteiger partial charge < -0.3 is 5.32 Å². The largest absolute Gasteiger partial charge is 0.382 e. The van der Waals surface area contributed by atoms with Gasteiger partial charge >= 0.3 is 6.03 Å². The van der Waals surface area contributed by atoms with E-state index >= 15 is 0 Å². The Morgan fingerprint density at radius 3 is 2.96 bits per heavy atom. The number of pyridine rings is 1. The summed E-state index contributed by atoms with van der Waals surface area (Å²) in [4.78, 5) is 27.3. The maximum atomic E-state index is 12.9. The number of urea groups is 1. The lowest BCUT2D eigenvalue weighted by molar-refractivity contribution is 0.256. The zero-order valence-corrected chi connectivity index (χ0v) is 15.0. The van der Waals surface area contributed by atoms with Gasteiger partial charge in [-0.05, 0) is 37.6 Å². The molecule has 7 heteroatoms. The van der Waals surface area contributed by atoms with Gasteiger partial charge in [-0.1, -0.05) is 23.8 Å². The first-order valence-corrected chi connectivity index (χ1v) is 8.87. The molecule has 136 valence electrons. The van der Waals surface area contributed by atoms with E-state index in [-0.39, 0.29) is 6.03 Å². The van der Waals surface area contributed by atoms with E-state index in [0.29, 0.717) is 18.2 Å². The van der Waals surface area contributed by atoms with Gasteiger partial charge in [0, 0.05) is 24.8 Å². The van der Waals surface area contributed by atoms with Crippen LogP contribution >= 0.6 is 0 Å². The minimum atomic E-state index is -0.257. The second-order valence-electron chi connectivity index (χ2n) is 6.39. The highest BCUT2D eigenvalue weighted by molar-refractivity contribution is 6.02. The monoisotopic (exact) mass is 360 g/mol. The van der Waals surface area contributed by atoms with Crippen molar-refractivity contribution >= 4 is 23.4 Å². The number of hydrogen-bond acceptors (Lipinski definition) is 5. The van der Waals surface area contributed by atoms with Crippen molar-refractivity contribution in [1.29, 1.82) is 0 Å². The maximum absolute atomic E-state index is 12.9. The summed E-state index contributed by atoms with van der Waals surface area (Å²) in [7, 11) is 0. The lowest BCUT2D eigenvalue weighted by Gasteiger charge is -2.22. The Bertz CT molecular complexity index is 960. The van der Waals surface area contributed by atoms with Gasteiger partial charge in [0.1, 0.15) is 12.1 Å². The maximum Gasteiger partial charge on any atom is 0.328 e. The van der Waals surface area contributed by atoms with Gasteiger partial charge in [0.25, 0.3) is 0 Å². The van der Waals surface area contributed by atoms with Crippen molar-refractivity contribution in [2.24, 2.45) is 0 Å². The molecule has 2 aromatic heterocycles. The Hall–Kier alpha value is -3.48. The first-order chi connectivity index (χ1) is 13.2. The van der Waals surface area contributed by atoms with E-state index in [1.54, 1.807) is 17.2 Å². The van der Waals surface area contributed by atoms with E-state index in [0.717, 1.165) is 29.9 Å². The molecule has 0 spiro atoms. The topological polar surface area (TPSA) is 83.0 Å². The normalized spacial score (nSPS) is 13.3. The zero-order valence-electron chi connectivity index (χ0n) is 15.0. The van der Waals surface area contributed by atoms with Gasteiger partial charge in [-0.2, -0.15) is 0 Å². The molecule has 4 rings (SSSR count). The second kappa shape index (κ2) is 7.41. The predicted octanol–water partition coefficient (Wildman–Crippen LogP) is 3.70. The van der Waals surface area contributed by atoms with Gasteiger partial charge in [-0.15, -0.1) is 0 Å². The van der Waals surface area contributed by atoms with Crippen LogP contribution in [0.5, 0.6) is 0 Å². The summed E-state index contributed by atoms with van der Waals surface area (Å²) < 4.78 is 0. The Kier molecular flexibility index (Phi) is 4.65. The third-order valence-electron chi connectivity index (χ3n) is 4.38. The number of anilines is 3. The summed E-state index contributed by atoms with van der Waals surface area (Å²) in [6.07, 6.45) is 3.82. The average Bonchev–Trinajstić information content (AvgIpc) is 2.90. The molecule has 0 atom stereocenters. The molecule has 2 amide bonds. The first kappa shape index (κ1) is 17.0. The minimum absolute atomic E-state index is 0.257. The van der Waals surface area contributed by atoms with Crippen LogP contribution in [0.15, 0.2) is 55.0 Å². The number of nitrogens with zero attached hydrogens (tertiary/aromatic N) is 4.